The van der Waals surface area contributed by atoms with E-state index < -0.39 is 9.05 Å². The summed E-state index contributed by atoms with van der Waals surface area (Å²) in [6, 6.07) is 7.76. The van der Waals surface area contributed by atoms with E-state index in [4.69, 9.17) is 10.7 Å². The summed E-state index contributed by atoms with van der Waals surface area (Å²) in [6.07, 6.45) is 2.31. The average molecular weight is 244 g/mol. The van der Waals surface area contributed by atoms with E-state index in [1.165, 1.54) is 0 Å². The number of hydrogen-bond acceptors (Lipinski definition) is 2. The fourth-order valence-corrected chi connectivity index (χ4v) is 2.21. The SMILES string of the molecule is O=S(=O)(Cl)CCc1ccc2[nH]ccc2c1. The molecule has 1 aromatic heterocycles. The Bertz CT molecular complexity index is 574. The van der Waals surface area contributed by atoms with E-state index in [1.54, 1.807) is 0 Å². The molecule has 0 radical (unpaired) electrons. The lowest BCUT2D eigenvalue weighted by Crippen LogP contribution is -2.00. The molecule has 0 aliphatic carbocycles. The summed E-state index contributed by atoms with van der Waals surface area (Å²) in [5.74, 6) is -0.0233. The molecule has 5 heteroatoms. The van der Waals surface area contributed by atoms with E-state index in [2.05, 4.69) is 4.98 Å². The highest BCUT2D eigenvalue weighted by atomic mass is 35.7. The van der Waals surface area contributed by atoms with Gasteiger partial charge in [-0.1, -0.05) is 6.07 Å². The summed E-state index contributed by atoms with van der Waals surface area (Å²) >= 11 is 0. The van der Waals surface area contributed by atoms with Crippen molar-refractivity contribution in [3.05, 3.63) is 36.0 Å². The van der Waals surface area contributed by atoms with Crippen molar-refractivity contribution in [3.8, 4) is 0 Å². The van der Waals surface area contributed by atoms with Crippen molar-refractivity contribution < 1.29 is 8.42 Å². The molecule has 0 saturated carbocycles. The summed E-state index contributed by atoms with van der Waals surface area (Å²) < 4.78 is 21.6. The molecule has 0 spiro atoms. The van der Waals surface area contributed by atoms with Crippen molar-refractivity contribution in [2.45, 2.75) is 6.42 Å². The van der Waals surface area contributed by atoms with Gasteiger partial charge in [-0.15, -0.1) is 0 Å². The highest BCUT2D eigenvalue weighted by molar-refractivity contribution is 8.13. The molecule has 0 aliphatic rings. The van der Waals surface area contributed by atoms with Gasteiger partial charge in [-0.25, -0.2) is 8.42 Å². The second-order valence-electron chi connectivity index (χ2n) is 3.39. The molecule has 0 saturated heterocycles. The van der Waals surface area contributed by atoms with Gasteiger partial charge in [0.1, 0.15) is 0 Å². The standard InChI is InChI=1S/C10H10ClNO2S/c11-15(13,14)6-4-8-1-2-10-9(7-8)3-5-12-10/h1-3,5,7,12H,4,6H2. The third-order valence-electron chi connectivity index (χ3n) is 2.25. The first kappa shape index (κ1) is 10.5. The monoisotopic (exact) mass is 243 g/mol. The van der Waals surface area contributed by atoms with Crippen LogP contribution in [0.15, 0.2) is 30.5 Å². The highest BCUT2D eigenvalue weighted by Crippen LogP contribution is 2.15. The van der Waals surface area contributed by atoms with E-state index in [0.717, 1.165) is 16.5 Å². The molecular formula is C10H10ClNO2S. The fraction of sp³-hybridized carbons (Fsp3) is 0.200. The van der Waals surface area contributed by atoms with Gasteiger partial charge in [0.25, 0.3) is 0 Å². The summed E-state index contributed by atoms with van der Waals surface area (Å²) in [4.78, 5) is 3.07. The van der Waals surface area contributed by atoms with Crippen LogP contribution in [0.3, 0.4) is 0 Å². The van der Waals surface area contributed by atoms with Gasteiger partial charge < -0.3 is 4.98 Å². The molecule has 15 heavy (non-hydrogen) atoms. The Kier molecular flexibility index (Phi) is 2.71. The van der Waals surface area contributed by atoms with Crippen molar-refractivity contribution >= 4 is 30.6 Å². The number of aromatic amines is 1. The predicted octanol–water partition coefficient (Wildman–Crippen LogP) is 2.28. The lowest BCUT2D eigenvalue weighted by atomic mass is 10.1. The van der Waals surface area contributed by atoms with Gasteiger partial charge in [0.15, 0.2) is 0 Å². The molecule has 0 amide bonds. The van der Waals surface area contributed by atoms with E-state index in [-0.39, 0.29) is 5.75 Å². The van der Waals surface area contributed by atoms with E-state index in [9.17, 15) is 8.42 Å². The summed E-state index contributed by atoms with van der Waals surface area (Å²) in [5, 5.41) is 1.08. The first-order valence-electron chi connectivity index (χ1n) is 4.53. The number of fused-ring (bicyclic) bond motifs is 1. The van der Waals surface area contributed by atoms with Gasteiger partial charge >= 0.3 is 0 Å². The number of hydrogen-bond donors (Lipinski definition) is 1. The Morgan fingerprint density at radius 1 is 1.27 bits per heavy atom. The zero-order valence-corrected chi connectivity index (χ0v) is 9.48. The molecule has 0 aliphatic heterocycles. The number of rotatable bonds is 3. The van der Waals surface area contributed by atoms with E-state index in [0.29, 0.717) is 6.42 Å². The second kappa shape index (κ2) is 3.87. The van der Waals surface area contributed by atoms with E-state index >= 15 is 0 Å². The predicted molar refractivity (Wildman–Crippen MR) is 61.6 cm³/mol. The number of benzene rings is 1. The molecular weight excluding hydrogens is 234 g/mol. The van der Waals surface area contributed by atoms with Crippen LogP contribution in [0.4, 0.5) is 0 Å². The summed E-state index contributed by atoms with van der Waals surface area (Å²) in [6.45, 7) is 0. The zero-order valence-electron chi connectivity index (χ0n) is 7.90. The number of halogens is 1. The number of aromatic nitrogens is 1. The van der Waals surface area contributed by atoms with Crippen LogP contribution in [0, 0.1) is 0 Å². The van der Waals surface area contributed by atoms with Crippen LogP contribution in [-0.2, 0) is 15.5 Å². The molecule has 0 unspecified atom stereocenters. The Labute approximate surface area is 92.5 Å². The quantitative estimate of drug-likeness (QED) is 0.841. The van der Waals surface area contributed by atoms with Gasteiger partial charge in [-0.05, 0) is 35.6 Å². The Morgan fingerprint density at radius 3 is 2.80 bits per heavy atom. The highest BCUT2D eigenvalue weighted by Gasteiger charge is 2.06. The van der Waals surface area contributed by atoms with Crippen LogP contribution in [0.2, 0.25) is 0 Å². The average Bonchev–Trinajstić information content (AvgIpc) is 2.60. The largest absolute Gasteiger partial charge is 0.361 e. The van der Waals surface area contributed by atoms with Crippen LogP contribution in [0.25, 0.3) is 10.9 Å². The van der Waals surface area contributed by atoms with Crippen LogP contribution in [-0.4, -0.2) is 19.2 Å². The van der Waals surface area contributed by atoms with Crippen molar-refractivity contribution in [2.75, 3.05) is 5.75 Å². The summed E-state index contributed by atoms with van der Waals surface area (Å²) in [7, 11) is 1.75. The lowest BCUT2D eigenvalue weighted by Gasteiger charge is -1.99. The van der Waals surface area contributed by atoms with Crippen LogP contribution in [0.5, 0.6) is 0 Å². The lowest BCUT2D eigenvalue weighted by molar-refractivity contribution is 0.609. The van der Waals surface area contributed by atoms with Gasteiger partial charge in [0.05, 0.1) is 5.75 Å². The van der Waals surface area contributed by atoms with Gasteiger partial charge in [-0.3, -0.25) is 0 Å². The molecule has 1 N–H and O–H groups in total. The molecule has 2 rings (SSSR count). The summed E-state index contributed by atoms with van der Waals surface area (Å²) in [5.41, 5.74) is 2.03. The van der Waals surface area contributed by atoms with E-state index in [1.807, 2.05) is 30.5 Å². The van der Waals surface area contributed by atoms with Crippen molar-refractivity contribution in [3.63, 3.8) is 0 Å². The maximum atomic E-state index is 10.8. The molecule has 80 valence electrons. The zero-order chi connectivity index (χ0) is 10.9. The fourth-order valence-electron chi connectivity index (χ4n) is 1.50. The second-order valence-corrected chi connectivity index (χ2v) is 6.29. The maximum absolute atomic E-state index is 10.8. The Balaban J connectivity index is 2.21. The van der Waals surface area contributed by atoms with Crippen LogP contribution < -0.4 is 0 Å². The molecule has 0 fully saturated rings. The number of H-pyrrole nitrogens is 1. The normalized spacial score (nSPS) is 12.1. The molecule has 3 nitrogen and oxygen atoms in total. The van der Waals surface area contributed by atoms with Crippen molar-refractivity contribution in [1.82, 2.24) is 4.98 Å². The molecule has 1 aromatic carbocycles. The first-order valence-corrected chi connectivity index (χ1v) is 7.01. The van der Waals surface area contributed by atoms with Crippen LogP contribution in [0.1, 0.15) is 5.56 Å². The molecule has 0 bridgehead atoms. The minimum atomic E-state index is -3.40. The number of aryl methyl sites for hydroxylation is 1. The topological polar surface area (TPSA) is 49.9 Å². The van der Waals surface area contributed by atoms with Crippen LogP contribution >= 0.6 is 10.7 Å². The Hall–Kier alpha value is -1.00. The maximum Gasteiger partial charge on any atom is 0.232 e. The third-order valence-corrected chi connectivity index (χ3v) is 3.41. The molecule has 0 atom stereocenters. The number of nitrogens with one attached hydrogen (secondary N) is 1. The van der Waals surface area contributed by atoms with Crippen molar-refractivity contribution in [2.24, 2.45) is 0 Å². The smallest absolute Gasteiger partial charge is 0.232 e. The van der Waals surface area contributed by atoms with Crippen molar-refractivity contribution in [1.29, 1.82) is 0 Å². The van der Waals surface area contributed by atoms with Gasteiger partial charge in [-0.2, -0.15) is 0 Å². The third kappa shape index (κ3) is 2.73. The minimum Gasteiger partial charge on any atom is -0.361 e. The first-order chi connectivity index (χ1) is 7.04. The molecule has 2 aromatic rings. The molecule has 1 heterocycles. The minimum absolute atomic E-state index is 0.0233. The van der Waals surface area contributed by atoms with Gasteiger partial charge in [0.2, 0.25) is 9.05 Å². The Morgan fingerprint density at radius 2 is 2.07 bits per heavy atom. The van der Waals surface area contributed by atoms with Gasteiger partial charge in [0, 0.05) is 22.4 Å².